The molecular formula is C11H14N4OS. The second-order valence-electron chi connectivity index (χ2n) is 4.55. The van der Waals surface area contributed by atoms with Crippen molar-refractivity contribution in [3.8, 4) is 0 Å². The third kappa shape index (κ3) is 1.82. The van der Waals surface area contributed by atoms with Crippen LogP contribution in [0, 0.1) is 18.6 Å². The topological polar surface area (TPSA) is 59.6 Å². The van der Waals surface area contributed by atoms with Crippen LogP contribution in [-0.4, -0.2) is 19.9 Å². The Kier molecular flexibility index (Phi) is 2.39. The summed E-state index contributed by atoms with van der Waals surface area (Å²) in [5.41, 5.74) is 2.02. The zero-order chi connectivity index (χ0) is 12.0. The van der Waals surface area contributed by atoms with Gasteiger partial charge in [0.2, 0.25) is 0 Å². The summed E-state index contributed by atoms with van der Waals surface area (Å²) in [6.07, 6.45) is 2.42. The SMILES string of the molecule is Cc1noc(C)c1Cn1c(C2CC2)n[nH]c1=S. The van der Waals surface area contributed by atoms with E-state index < -0.39 is 0 Å². The van der Waals surface area contributed by atoms with Gasteiger partial charge in [-0.1, -0.05) is 5.16 Å². The van der Waals surface area contributed by atoms with Gasteiger partial charge in [0.15, 0.2) is 4.77 Å². The van der Waals surface area contributed by atoms with E-state index in [4.69, 9.17) is 16.7 Å². The van der Waals surface area contributed by atoms with Crippen LogP contribution in [0.25, 0.3) is 0 Å². The molecule has 6 heteroatoms. The lowest BCUT2D eigenvalue weighted by atomic mass is 10.2. The van der Waals surface area contributed by atoms with Crippen molar-refractivity contribution in [1.29, 1.82) is 0 Å². The molecule has 2 heterocycles. The maximum absolute atomic E-state index is 5.27. The van der Waals surface area contributed by atoms with Crippen LogP contribution in [0.3, 0.4) is 0 Å². The summed E-state index contributed by atoms with van der Waals surface area (Å²) in [7, 11) is 0. The number of hydrogen-bond donors (Lipinski definition) is 1. The fraction of sp³-hybridized carbons (Fsp3) is 0.545. The Labute approximate surface area is 104 Å². The molecule has 0 atom stereocenters. The zero-order valence-corrected chi connectivity index (χ0v) is 10.7. The van der Waals surface area contributed by atoms with Crippen LogP contribution in [0.4, 0.5) is 0 Å². The highest BCUT2D eigenvalue weighted by Crippen LogP contribution is 2.39. The van der Waals surface area contributed by atoms with Gasteiger partial charge in [0.25, 0.3) is 0 Å². The number of aromatic nitrogens is 4. The number of nitrogens with one attached hydrogen (secondary N) is 1. The fourth-order valence-electron chi connectivity index (χ4n) is 2.02. The highest BCUT2D eigenvalue weighted by molar-refractivity contribution is 7.71. The second kappa shape index (κ2) is 3.80. The van der Waals surface area contributed by atoms with Gasteiger partial charge in [-0.15, -0.1) is 0 Å². The largest absolute Gasteiger partial charge is 0.361 e. The Morgan fingerprint density at radius 3 is 2.82 bits per heavy atom. The molecule has 0 amide bonds. The van der Waals surface area contributed by atoms with E-state index in [-0.39, 0.29) is 0 Å². The Morgan fingerprint density at radius 1 is 1.47 bits per heavy atom. The first-order valence-corrected chi connectivity index (χ1v) is 6.14. The van der Waals surface area contributed by atoms with Gasteiger partial charge in [0, 0.05) is 11.5 Å². The third-order valence-electron chi connectivity index (χ3n) is 3.23. The lowest BCUT2D eigenvalue weighted by molar-refractivity contribution is 0.392. The molecule has 1 aliphatic carbocycles. The van der Waals surface area contributed by atoms with E-state index in [0.717, 1.165) is 22.8 Å². The Hall–Kier alpha value is -1.43. The maximum atomic E-state index is 5.27. The average molecular weight is 250 g/mol. The Bertz CT molecular complexity index is 586. The van der Waals surface area contributed by atoms with Gasteiger partial charge in [-0.25, -0.2) is 0 Å². The lowest BCUT2D eigenvalue weighted by Gasteiger charge is -2.05. The van der Waals surface area contributed by atoms with Crippen molar-refractivity contribution in [2.45, 2.75) is 39.2 Å². The monoisotopic (exact) mass is 250 g/mol. The molecule has 2 aromatic heterocycles. The summed E-state index contributed by atoms with van der Waals surface area (Å²) in [5.74, 6) is 2.49. The molecule has 0 saturated heterocycles. The molecule has 1 fully saturated rings. The van der Waals surface area contributed by atoms with Crippen LogP contribution >= 0.6 is 12.2 Å². The fourth-order valence-corrected chi connectivity index (χ4v) is 2.23. The first kappa shape index (κ1) is 10.7. The Morgan fingerprint density at radius 2 is 2.24 bits per heavy atom. The summed E-state index contributed by atoms with van der Waals surface area (Å²) in [6, 6.07) is 0. The average Bonchev–Trinajstić information content (AvgIpc) is 3.02. The van der Waals surface area contributed by atoms with Crippen molar-refractivity contribution < 1.29 is 4.52 Å². The molecule has 0 spiro atoms. The molecule has 0 aromatic carbocycles. The molecule has 17 heavy (non-hydrogen) atoms. The summed E-state index contributed by atoms with van der Waals surface area (Å²) in [6.45, 7) is 4.57. The van der Waals surface area contributed by atoms with Crippen LogP contribution in [0.15, 0.2) is 4.52 Å². The van der Waals surface area contributed by atoms with Gasteiger partial charge in [0.1, 0.15) is 11.6 Å². The maximum Gasteiger partial charge on any atom is 0.195 e. The van der Waals surface area contributed by atoms with E-state index in [1.807, 2.05) is 13.8 Å². The summed E-state index contributed by atoms with van der Waals surface area (Å²) in [4.78, 5) is 0. The predicted octanol–water partition coefficient (Wildman–Crippen LogP) is 2.47. The molecule has 0 radical (unpaired) electrons. The Balaban J connectivity index is 2.00. The quantitative estimate of drug-likeness (QED) is 0.850. The van der Waals surface area contributed by atoms with Crippen LogP contribution in [-0.2, 0) is 6.54 Å². The van der Waals surface area contributed by atoms with Crippen LogP contribution in [0.1, 0.15) is 41.6 Å². The van der Waals surface area contributed by atoms with E-state index >= 15 is 0 Å². The molecule has 3 rings (SSSR count). The molecule has 2 aromatic rings. The van der Waals surface area contributed by atoms with E-state index in [2.05, 4.69) is 19.9 Å². The highest BCUT2D eigenvalue weighted by atomic mass is 32.1. The van der Waals surface area contributed by atoms with Crippen molar-refractivity contribution >= 4 is 12.2 Å². The van der Waals surface area contributed by atoms with Gasteiger partial charge in [-0.3, -0.25) is 9.67 Å². The molecule has 1 aliphatic rings. The van der Waals surface area contributed by atoms with Crippen molar-refractivity contribution in [2.24, 2.45) is 0 Å². The van der Waals surface area contributed by atoms with Gasteiger partial charge in [-0.05, 0) is 38.9 Å². The van der Waals surface area contributed by atoms with Crippen LogP contribution in [0.5, 0.6) is 0 Å². The van der Waals surface area contributed by atoms with Crippen molar-refractivity contribution in [3.05, 3.63) is 27.6 Å². The minimum atomic E-state index is 0.573. The van der Waals surface area contributed by atoms with E-state index in [0.29, 0.717) is 17.2 Å². The molecule has 0 bridgehead atoms. The van der Waals surface area contributed by atoms with Crippen LogP contribution in [0.2, 0.25) is 0 Å². The molecule has 0 aliphatic heterocycles. The van der Waals surface area contributed by atoms with E-state index in [1.54, 1.807) is 0 Å². The van der Waals surface area contributed by atoms with E-state index in [1.165, 1.54) is 12.8 Å². The second-order valence-corrected chi connectivity index (χ2v) is 4.94. The predicted molar refractivity (Wildman–Crippen MR) is 64.5 cm³/mol. The normalized spacial score (nSPS) is 15.4. The molecule has 1 saturated carbocycles. The number of nitrogens with zero attached hydrogens (tertiary/aromatic N) is 3. The minimum absolute atomic E-state index is 0.573. The third-order valence-corrected chi connectivity index (χ3v) is 3.54. The van der Waals surface area contributed by atoms with Gasteiger partial charge in [0.05, 0.1) is 12.2 Å². The minimum Gasteiger partial charge on any atom is -0.361 e. The van der Waals surface area contributed by atoms with Crippen molar-refractivity contribution in [2.75, 3.05) is 0 Å². The molecular weight excluding hydrogens is 236 g/mol. The molecule has 90 valence electrons. The molecule has 5 nitrogen and oxygen atoms in total. The number of rotatable bonds is 3. The first-order valence-electron chi connectivity index (χ1n) is 5.73. The van der Waals surface area contributed by atoms with Crippen molar-refractivity contribution in [3.63, 3.8) is 0 Å². The van der Waals surface area contributed by atoms with Gasteiger partial charge < -0.3 is 4.52 Å². The lowest BCUT2D eigenvalue weighted by Crippen LogP contribution is -2.06. The molecule has 1 N–H and O–H groups in total. The highest BCUT2D eigenvalue weighted by Gasteiger charge is 2.29. The van der Waals surface area contributed by atoms with Gasteiger partial charge in [-0.2, -0.15) is 5.10 Å². The standard InChI is InChI=1S/C11H14N4OS/c1-6-9(7(2)16-14-6)5-15-10(8-3-4-8)12-13-11(15)17/h8H,3-5H2,1-2H3,(H,13,17). The van der Waals surface area contributed by atoms with E-state index in [9.17, 15) is 0 Å². The number of aromatic amines is 1. The first-order chi connectivity index (χ1) is 8.16. The zero-order valence-electron chi connectivity index (χ0n) is 9.86. The summed E-state index contributed by atoms with van der Waals surface area (Å²) in [5, 5.41) is 11.2. The summed E-state index contributed by atoms with van der Waals surface area (Å²) >= 11 is 5.27. The van der Waals surface area contributed by atoms with Crippen molar-refractivity contribution in [1.82, 2.24) is 19.9 Å². The number of hydrogen-bond acceptors (Lipinski definition) is 4. The smallest absolute Gasteiger partial charge is 0.195 e. The number of H-pyrrole nitrogens is 1. The molecule has 0 unspecified atom stereocenters. The summed E-state index contributed by atoms with van der Waals surface area (Å²) < 4.78 is 7.90. The van der Waals surface area contributed by atoms with Gasteiger partial charge >= 0.3 is 0 Å². The number of aryl methyl sites for hydroxylation is 2. The van der Waals surface area contributed by atoms with Crippen LogP contribution < -0.4 is 0 Å².